The summed E-state index contributed by atoms with van der Waals surface area (Å²) >= 11 is 5.25. The zero-order chi connectivity index (χ0) is 16.7. The van der Waals surface area contributed by atoms with Crippen molar-refractivity contribution in [2.45, 2.75) is 33.4 Å². The quantitative estimate of drug-likeness (QED) is 0.566. The number of ether oxygens (including phenoxy) is 1. The molecule has 2 rings (SSSR count). The van der Waals surface area contributed by atoms with Crippen LogP contribution in [0.2, 0.25) is 0 Å². The predicted molar refractivity (Wildman–Crippen MR) is 94.7 cm³/mol. The van der Waals surface area contributed by atoms with Crippen LogP contribution in [0.1, 0.15) is 24.6 Å². The van der Waals surface area contributed by atoms with E-state index in [1.165, 1.54) is 11.3 Å². The largest absolute Gasteiger partial charge is 0.385 e. The van der Waals surface area contributed by atoms with Gasteiger partial charge in [-0.3, -0.25) is 9.36 Å². The first-order valence-electron chi connectivity index (χ1n) is 7.71. The van der Waals surface area contributed by atoms with Crippen molar-refractivity contribution in [3.63, 3.8) is 0 Å². The minimum absolute atomic E-state index is 0.593. The molecule has 2 heterocycles. The lowest BCUT2D eigenvalue weighted by atomic mass is 10.2. The molecule has 2 N–H and O–H groups in total. The van der Waals surface area contributed by atoms with Crippen LogP contribution in [-0.4, -0.2) is 44.9 Å². The van der Waals surface area contributed by atoms with Gasteiger partial charge in [0.05, 0.1) is 24.6 Å². The highest BCUT2D eigenvalue weighted by Crippen LogP contribution is 2.11. The van der Waals surface area contributed by atoms with Crippen LogP contribution >= 0.6 is 12.2 Å². The Morgan fingerprint density at radius 3 is 2.87 bits per heavy atom. The lowest BCUT2D eigenvalue weighted by Crippen LogP contribution is -2.29. The molecular formula is C15H24N6OS. The van der Waals surface area contributed by atoms with Gasteiger partial charge in [-0.2, -0.15) is 10.2 Å². The van der Waals surface area contributed by atoms with Gasteiger partial charge in [0.15, 0.2) is 5.11 Å². The van der Waals surface area contributed by atoms with Gasteiger partial charge in [-0.05, 0) is 32.5 Å². The summed E-state index contributed by atoms with van der Waals surface area (Å²) in [5.74, 6) is 0. The molecule has 7 nitrogen and oxygen atoms in total. The van der Waals surface area contributed by atoms with Crippen molar-refractivity contribution in [1.29, 1.82) is 0 Å². The van der Waals surface area contributed by atoms with Crippen LogP contribution in [0.5, 0.6) is 0 Å². The van der Waals surface area contributed by atoms with Crippen molar-refractivity contribution in [2.75, 3.05) is 25.6 Å². The normalized spacial score (nSPS) is 10.7. The molecule has 126 valence electrons. The summed E-state index contributed by atoms with van der Waals surface area (Å²) in [7, 11) is 1.69. The smallest absolute Gasteiger partial charge is 0.170 e. The summed E-state index contributed by atoms with van der Waals surface area (Å²) in [5.41, 5.74) is 3.21. The Kier molecular flexibility index (Phi) is 6.54. The first-order chi connectivity index (χ1) is 11.1. The zero-order valence-electron chi connectivity index (χ0n) is 13.9. The molecule has 0 radical (unpaired) electrons. The third-order valence-electron chi connectivity index (χ3n) is 3.54. The zero-order valence-corrected chi connectivity index (χ0v) is 14.7. The molecule has 0 aliphatic carbocycles. The summed E-state index contributed by atoms with van der Waals surface area (Å²) < 4.78 is 8.86. The van der Waals surface area contributed by atoms with E-state index < -0.39 is 0 Å². The van der Waals surface area contributed by atoms with Gasteiger partial charge in [-0.15, -0.1) is 0 Å². The van der Waals surface area contributed by atoms with E-state index in [1.807, 2.05) is 21.8 Å². The fraction of sp³-hybridized carbons (Fsp3) is 0.533. The van der Waals surface area contributed by atoms with Gasteiger partial charge >= 0.3 is 0 Å². The third kappa shape index (κ3) is 5.04. The maximum Gasteiger partial charge on any atom is 0.170 e. The summed E-state index contributed by atoms with van der Waals surface area (Å²) in [6.45, 7) is 7.23. The van der Waals surface area contributed by atoms with E-state index in [1.54, 1.807) is 13.3 Å². The number of thiocarbonyl (C=S) groups is 1. The molecule has 0 bridgehead atoms. The first kappa shape index (κ1) is 17.4. The van der Waals surface area contributed by atoms with Crippen molar-refractivity contribution in [3.05, 3.63) is 29.8 Å². The maximum atomic E-state index is 5.25. The number of hydrogen-bond acceptors (Lipinski definition) is 4. The van der Waals surface area contributed by atoms with Gasteiger partial charge in [-0.25, -0.2) is 0 Å². The Morgan fingerprint density at radius 2 is 2.17 bits per heavy atom. The summed E-state index contributed by atoms with van der Waals surface area (Å²) in [6.07, 6.45) is 6.52. The van der Waals surface area contributed by atoms with Crippen molar-refractivity contribution >= 4 is 23.0 Å². The molecule has 0 aromatic carbocycles. The summed E-state index contributed by atoms with van der Waals surface area (Å²) in [4.78, 5) is 0. The number of rotatable bonds is 8. The number of methoxy groups -OCH3 is 1. The second-order valence-electron chi connectivity index (χ2n) is 5.22. The summed E-state index contributed by atoms with van der Waals surface area (Å²) in [6, 6.07) is 0. The molecule has 2 aromatic heterocycles. The van der Waals surface area contributed by atoms with Crippen LogP contribution in [0.25, 0.3) is 0 Å². The van der Waals surface area contributed by atoms with Gasteiger partial charge in [0, 0.05) is 44.3 Å². The number of nitrogens with zero attached hydrogens (tertiary/aromatic N) is 4. The molecule has 0 unspecified atom stereocenters. The average molecular weight is 336 g/mol. The van der Waals surface area contributed by atoms with Gasteiger partial charge < -0.3 is 15.4 Å². The third-order valence-corrected chi connectivity index (χ3v) is 3.79. The topological polar surface area (TPSA) is 68.9 Å². The van der Waals surface area contributed by atoms with Crippen LogP contribution in [0, 0.1) is 6.92 Å². The molecule has 0 fully saturated rings. The van der Waals surface area contributed by atoms with Crippen LogP contribution in [0.4, 0.5) is 5.69 Å². The van der Waals surface area contributed by atoms with Crippen molar-refractivity contribution in [2.24, 2.45) is 0 Å². The molecule has 0 saturated carbocycles. The van der Waals surface area contributed by atoms with E-state index in [2.05, 4.69) is 34.7 Å². The fourth-order valence-electron chi connectivity index (χ4n) is 2.24. The van der Waals surface area contributed by atoms with Gasteiger partial charge in [0.2, 0.25) is 0 Å². The van der Waals surface area contributed by atoms with E-state index in [4.69, 9.17) is 17.0 Å². The number of aromatic nitrogens is 4. The Bertz CT molecular complexity index is 636. The van der Waals surface area contributed by atoms with E-state index in [9.17, 15) is 0 Å². The van der Waals surface area contributed by atoms with E-state index in [-0.39, 0.29) is 0 Å². The lowest BCUT2D eigenvalue weighted by Gasteiger charge is -2.08. The highest BCUT2D eigenvalue weighted by molar-refractivity contribution is 7.80. The Labute approximate surface area is 142 Å². The standard InChI is InChI=1S/C15H24N6OS/c1-4-21-12(2)13(8-18-21)10-20-11-14(9-17-20)19-15(23)16-6-5-7-22-3/h8-9,11H,4-7,10H2,1-3H3,(H2,16,19,23). The molecule has 0 spiro atoms. The Balaban J connectivity index is 1.85. The predicted octanol–water partition coefficient (Wildman–Crippen LogP) is 1.78. The minimum Gasteiger partial charge on any atom is -0.385 e. The van der Waals surface area contributed by atoms with Gasteiger partial charge in [0.25, 0.3) is 0 Å². The molecule has 2 aromatic rings. The number of anilines is 1. The van der Waals surface area contributed by atoms with Crippen LogP contribution in [0.15, 0.2) is 18.6 Å². The van der Waals surface area contributed by atoms with Crippen LogP contribution in [-0.2, 0) is 17.8 Å². The number of nitrogens with one attached hydrogen (secondary N) is 2. The molecule has 23 heavy (non-hydrogen) atoms. The maximum absolute atomic E-state index is 5.25. The first-order valence-corrected chi connectivity index (χ1v) is 8.12. The second-order valence-corrected chi connectivity index (χ2v) is 5.63. The highest BCUT2D eigenvalue weighted by atomic mass is 32.1. The minimum atomic E-state index is 0.593. The Hall–Kier alpha value is -1.93. The lowest BCUT2D eigenvalue weighted by molar-refractivity contribution is 0.196. The molecule has 0 atom stereocenters. The molecule has 8 heteroatoms. The molecule has 0 amide bonds. The highest BCUT2D eigenvalue weighted by Gasteiger charge is 2.07. The number of hydrogen-bond donors (Lipinski definition) is 2. The van der Waals surface area contributed by atoms with Gasteiger partial charge in [-0.1, -0.05) is 0 Å². The molecule has 0 aliphatic heterocycles. The molecule has 0 saturated heterocycles. The van der Waals surface area contributed by atoms with Crippen molar-refractivity contribution in [1.82, 2.24) is 24.9 Å². The van der Waals surface area contributed by atoms with Crippen LogP contribution in [0.3, 0.4) is 0 Å². The van der Waals surface area contributed by atoms with Crippen molar-refractivity contribution < 1.29 is 4.74 Å². The molecule has 0 aliphatic rings. The SMILES string of the molecule is CCn1ncc(Cn2cc(NC(=S)NCCCOC)cn2)c1C. The van der Waals surface area contributed by atoms with E-state index in [0.717, 1.165) is 31.8 Å². The summed E-state index contributed by atoms with van der Waals surface area (Å²) in [5, 5.41) is 15.6. The van der Waals surface area contributed by atoms with E-state index in [0.29, 0.717) is 11.7 Å². The van der Waals surface area contributed by atoms with Gasteiger partial charge in [0.1, 0.15) is 0 Å². The fourth-order valence-corrected chi connectivity index (χ4v) is 2.46. The van der Waals surface area contributed by atoms with Crippen LogP contribution < -0.4 is 10.6 Å². The number of aryl methyl sites for hydroxylation is 1. The van der Waals surface area contributed by atoms with Crippen molar-refractivity contribution in [3.8, 4) is 0 Å². The second kappa shape index (κ2) is 8.64. The molecular weight excluding hydrogens is 312 g/mol. The Morgan fingerprint density at radius 1 is 1.35 bits per heavy atom. The monoisotopic (exact) mass is 336 g/mol. The van der Waals surface area contributed by atoms with E-state index >= 15 is 0 Å². The average Bonchev–Trinajstić information content (AvgIpc) is 3.11.